The van der Waals surface area contributed by atoms with Crippen LogP contribution in [0.1, 0.15) is 0 Å². The summed E-state index contributed by atoms with van der Waals surface area (Å²) in [7, 11) is 0. The third-order valence-corrected chi connectivity index (χ3v) is 2.28. The number of nitrogens with two attached hydrogens (primary N) is 1. The zero-order valence-corrected chi connectivity index (χ0v) is 9.52. The topological polar surface area (TPSA) is 50.9 Å². The molecule has 1 aromatic heterocycles. The van der Waals surface area contributed by atoms with Crippen molar-refractivity contribution >= 4 is 37.7 Å². The van der Waals surface area contributed by atoms with Gasteiger partial charge in [-0.25, -0.2) is 4.98 Å². The lowest BCUT2D eigenvalue weighted by Gasteiger charge is -2.05. The van der Waals surface area contributed by atoms with Gasteiger partial charge in [0.05, 0.1) is 4.47 Å². The van der Waals surface area contributed by atoms with Gasteiger partial charge in [-0.05, 0) is 37.9 Å². The van der Waals surface area contributed by atoms with Gasteiger partial charge in [0.25, 0.3) is 0 Å². The van der Waals surface area contributed by atoms with E-state index in [2.05, 4.69) is 42.2 Å². The number of pyridine rings is 1. The molecule has 0 aliphatic heterocycles. The molecule has 0 aliphatic carbocycles. The second-order valence-electron chi connectivity index (χ2n) is 2.20. The molecule has 0 saturated heterocycles. The molecule has 0 bridgehead atoms. The molecule has 0 aromatic carbocycles. The minimum atomic E-state index is 0.601. The predicted molar refractivity (Wildman–Crippen MR) is 57.2 cm³/mol. The normalized spacial score (nSPS) is 9.92. The number of nitrogens with one attached hydrogen (secondary N) is 1. The van der Waals surface area contributed by atoms with E-state index < -0.39 is 0 Å². The first-order valence-electron chi connectivity index (χ1n) is 3.49. The van der Waals surface area contributed by atoms with Gasteiger partial charge in [-0.1, -0.05) is 0 Å². The molecule has 0 radical (unpaired) electrons. The van der Waals surface area contributed by atoms with Gasteiger partial charge in [0.15, 0.2) is 0 Å². The van der Waals surface area contributed by atoms with Crippen LogP contribution < -0.4 is 11.1 Å². The number of rotatable bonds is 3. The zero-order chi connectivity index (χ0) is 8.97. The van der Waals surface area contributed by atoms with E-state index >= 15 is 0 Å². The van der Waals surface area contributed by atoms with E-state index in [1.165, 1.54) is 0 Å². The summed E-state index contributed by atoms with van der Waals surface area (Å²) in [6, 6.07) is 1.94. The SMILES string of the molecule is NCCNc1ncc(Br)cc1Br. The van der Waals surface area contributed by atoms with Crippen LogP contribution in [0.2, 0.25) is 0 Å². The maximum atomic E-state index is 5.34. The monoisotopic (exact) mass is 293 g/mol. The molecule has 1 heterocycles. The molecule has 66 valence electrons. The summed E-state index contributed by atoms with van der Waals surface area (Å²) in [6.07, 6.45) is 1.74. The Balaban J connectivity index is 2.72. The van der Waals surface area contributed by atoms with Gasteiger partial charge in [-0.15, -0.1) is 0 Å². The fourth-order valence-corrected chi connectivity index (χ4v) is 1.86. The molecule has 12 heavy (non-hydrogen) atoms. The molecule has 5 heteroatoms. The molecule has 0 spiro atoms. The van der Waals surface area contributed by atoms with Crippen LogP contribution in [-0.2, 0) is 0 Å². The van der Waals surface area contributed by atoms with Crippen molar-refractivity contribution in [2.45, 2.75) is 0 Å². The molecule has 1 aromatic rings. The molecule has 3 nitrogen and oxygen atoms in total. The summed E-state index contributed by atoms with van der Waals surface area (Å²) in [5.41, 5.74) is 5.34. The van der Waals surface area contributed by atoms with Crippen LogP contribution in [0.3, 0.4) is 0 Å². The average molecular weight is 295 g/mol. The quantitative estimate of drug-likeness (QED) is 0.896. The third-order valence-electron chi connectivity index (χ3n) is 1.24. The van der Waals surface area contributed by atoms with E-state index in [4.69, 9.17) is 5.73 Å². The molecule has 3 N–H and O–H groups in total. The minimum Gasteiger partial charge on any atom is -0.368 e. The number of anilines is 1. The Morgan fingerprint density at radius 2 is 2.25 bits per heavy atom. The van der Waals surface area contributed by atoms with Gasteiger partial charge in [-0.2, -0.15) is 0 Å². The smallest absolute Gasteiger partial charge is 0.140 e. The Morgan fingerprint density at radius 3 is 2.83 bits per heavy atom. The van der Waals surface area contributed by atoms with Crippen molar-refractivity contribution in [1.82, 2.24) is 4.98 Å². The Labute approximate surface area is 88.0 Å². The van der Waals surface area contributed by atoms with Gasteiger partial charge in [0, 0.05) is 23.8 Å². The number of aromatic nitrogens is 1. The lowest BCUT2D eigenvalue weighted by atomic mass is 10.4. The molecule has 0 atom stereocenters. The second-order valence-corrected chi connectivity index (χ2v) is 3.97. The molecule has 0 unspecified atom stereocenters. The van der Waals surface area contributed by atoms with Crippen molar-refractivity contribution < 1.29 is 0 Å². The summed E-state index contributed by atoms with van der Waals surface area (Å²) < 4.78 is 1.89. The van der Waals surface area contributed by atoms with Crippen molar-refractivity contribution in [3.05, 3.63) is 21.2 Å². The zero-order valence-electron chi connectivity index (χ0n) is 6.35. The summed E-state index contributed by atoms with van der Waals surface area (Å²) >= 11 is 6.70. The fourth-order valence-electron chi connectivity index (χ4n) is 0.735. The van der Waals surface area contributed by atoms with Crippen molar-refractivity contribution in [3.63, 3.8) is 0 Å². The van der Waals surface area contributed by atoms with Gasteiger partial charge >= 0.3 is 0 Å². The second kappa shape index (κ2) is 4.79. The Hall–Kier alpha value is -0.130. The van der Waals surface area contributed by atoms with E-state index in [9.17, 15) is 0 Å². The molecular formula is C7H9Br2N3. The fraction of sp³-hybridized carbons (Fsp3) is 0.286. The first-order valence-corrected chi connectivity index (χ1v) is 5.07. The number of hydrogen-bond donors (Lipinski definition) is 2. The number of nitrogens with zero attached hydrogens (tertiary/aromatic N) is 1. The molecular weight excluding hydrogens is 286 g/mol. The van der Waals surface area contributed by atoms with Crippen molar-refractivity contribution in [2.75, 3.05) is 18.4 Å². The minimum absolute atomic E-state index is 0.601. The van der Waals surface area contributed by atoms with Crippen LogP contribution in [0.5, 0.6) is 0 Å². The van der Waals surface area contributed by atoms with E-state index in [-0.39, 0.29) is 0 Å². The largest absolute Gasteiger partial charge is 0.368 e. The molecule has 0 fully saturated rings. The third kappa shape index (κ3) is 2.73. The first-order chi connectivity index (χ1) is 5.74. The summed E-state index contributed by atoms with van der Waals surface area (Å²) in [5, 5.41) is 3.09. The highest BCUT2D eigenvalue weighted by molar-refractivity contribution is 9.11. The van der Waals surface area contributed by atoms with Crippen molar-refractivity contribution in [1.29, 1.82) is 0 Å². The van der Waals surface area contributed by atoms with Crippen molar-refractivity contribution in [2.24, 2.45) is 5.73 Å². The first kappa shape index (κ1) is 9.95. The standard InChI is InChI=1S/C7H9Br2N3/c8-5-3-6(9)7(12-4-5)11-2-1-10/h3-4H,1-2,10H2,(H,11,12). The summed E-state index contributed by atoms with van der Waals surface area (Å²) in [6.45, 7) is 1.33. The molecule has 0 aliphatic rings. The van der Waals surface area contributed by atoms with Crippen LogP contribution in [0.15, 0.2) is 21.2 Å². The van der Waals surface area contributed by atoms with Gasteiger partial charge < -0.3 is 11.1 Å². The highest BCUT2D eigenvalue weighted by Crippen LogP contribution is 2.22. The van der Waals surface area contributed by atoms with Gasteiger partial charge in [0.2, 0.25) is 0 Å². The lowest BCUT2D eigenvalue weighted by molar-refractivity contribution is 1.01. The molecule has 1 rings (SSSR count). The maximum absolute atomic E-state index is 5.34. The van der Waals surface area contributed by atoms with E-state index in [1.54, 1.807) is 6.20 Å². The van der Waals surface area contributed by atoms with E-state index in [0.717, 1.165) is 21.3 Å². The Bertz CT molecular complexity index is 265. The lowest BCUT2D eigenvalue weighted by Crippen LogP contribution is -2.14. The number of hydrogen-bond acceptors (Lipinski definition) is 3. The predicted octanol–water partition coefficient (Wildman–Crippen LogP) is 1.98. The van der Waals surface area contributed by atoms with Crippen molar-refractivity contribution in [3.8, 4) is 0 Å². The van der Waals surface area contributed by atoms with Gasteiger partial charge in [-0.3, -0.25) is 0 Å². The van der Waals surface area contributed by atoms with Crippen LogP contribution in [0.4, 0.5) is 5.82 Å². The van der Waals surface area contributed by atoms with Crippen LogP contribution in [0.25, 0.3) is 0 Å². The Kier molecular flexibility index (Phi) is 3.97. The number of halogens is 2. The Morgan fingerprint density at radius 1 is 1.50 bits per heavy atom. The van der Waals surface area contributed by atoms with Crippen LogP contribution in [0, 0.1) is 0 Å². The molecule has 0 saturated carbocycles. The van der Waals surface area contributed by atoms with Gasteiger partial charge in [0.1, 0.15) is 5.82 Å². The highest BCUT2D eigenvalue weighted by atomic mass is 79.9. The van der Waals surface area contributed by atoms with E-state index in [0.29, 0.717) is 6.54 Å². The van der Waals surface area contributed by atoms with Crippen LogP contribution in [-0.4, -0.2) is 18.1 Å². The van der Waals surface area contributed by atoms with Crippen LogP contribution >= 0.6 is 31.9 Å². The maximum Gasteiger partial charge on any atom is 0.140 e. The van der Waals surface area contributed by atoms with E-state index in [1.807, 2.05) is 6.07 Å². The average Bonchev–Trinajstić information content (AvgIpc) is 2.03. The molecule has 0 amide bonds. The summed E-state index contributed by atoms with van der Waals surface area (Å²) in [4.78, 5) is 4.15. The highest BCUT2D eigenvalue weighted by Gasteiger charge is 1.99. The summed E-state index contributed by atoms with van der Waals surface area (Å²) in [5.74, 6) is 0.823.